The largest absolute Gasteiger partial charge is 0.355 e. The molecule has 4 heterocycles. The van der Waals surface area contributed by atoms with Crippen molar-refractivity contribution >= 4 is 34.4 Å². The number of carbonyl (C=O) groups is 1. The molecule has 0 bridgehead atoms. The van der Waals surface area contributed by atoms with Gasteiger partial charge in [0, 0.05) is 36.9 Å². The summed E-state index contributed by atoms with van der Waals surface area (Å²) in [6.45, 7) is 21.3. The van der Waals surface area contributed by atoms with Crippen molar-refractivity contribution in [3.63, 3.8) is 0 Å². The zero-order valence-electron chi connectivity index (χ0n) is 27.5. The Kier molecular flexibility index (Phi) is 9.17. The molecule has 0 spiro atoms. The summed E-state index contributed by atoms with van der Waals surface area (Å²) in [6.07, 6.45) is 3.16. The molecule has 1 aliphatic rings. The van der Waals surface area contributed by atoms with Gasteiger partial charge in [0.05, 0.1) is 27.5 Å². The van der Waals surface area contributed by atoms with Crippen LogP contribution in [0, 0.1) is 0 Å². The average Bonchev–Trinajstić information content (AvgIpc) is 3.00. The van der Waals surface area contributed by atoms with Gasteiger partial charge in [0.15, 0.2) is 5.65 Å². The minimum atomic E-state index is -0.434. The number of anilines is 1. The number of amides is 1. The normalized spacial score (nSPS) is 17.2. The molecule has 1 aromatic carbocycles. The molecule has 3 aromatic heterocycles. The predicted molar refractivity (Wildman–Crippen MR) is 184 cm³/mol. The van der Waals surface area contributed by atoms with E-state index in [4.69, 9.17) is 26.6 Å². The lowest BCUT2D eigenvalue weighted by Gasteiger charge is -2.44. The molecule has 4 aromatic rings. The number of carbonyl (C=O) groups excluding carboxylic acids is 1. The highest BCUT2D eigenvalue weighted by molar-refractivity contribution is 6.34. The molecule has 1 aliphatic heterocycles. The van der Waals surface area contributed by atoms with Crippen LogP contribution in [0.4, 0.5) is 5.82 Å². The summed E-state index contributed by atoms with van der Waals surface area (Å²) in [6, 6.07) is 11.8. The Labute approximate surface area is 270 Å². The summed E-state index contributed by atoms with van der Waals surface area (Å²) in [5, 5.41) is 1.14. The molecule has 1 amide bonds. The molecule has 1 saturated heterocycles. The second-order valence-corrected chi connectivity index (χ2v) is 13.4. The highest BCUT2D eigenvalue weighted by Crippen LogP contribution is 2.38. The predicted octanol–water partition coefficient (Wildman–Crippen LogP) is 7.48. The highest BCUT2D eigenvalue weighted by Gasteiger charge is 2.34. The van der Waals surface area contributed by atoms with Gasteiger partial charge in [-0.15, -0.1) is 0 Å². The maximum atomic E-state index is 14.4. The van der Waals surface area contributed by atoms with Gasteiger partial charge >= 0.3 is 5.69 Å². The molecule has 0 N–H and O–H groups in total. The van der Waals surface area contributed by atoms with E-state index in [1.807, 2.05) is 55.3 Å². The van der Waals surface area contributed by atoms with E-state index < -0.39 is 5.69 Å². The number of aromatic nitrogens is 4. The van der Waals surface area contributed by atoms with E-state index in [2.05, 4.69) is 59.1 Å². The minimum Gasteiger partial charge on any atom is -0.349 e. The number of nitrogens with zero attached hydrogens (tertiary/aromatic N) is 6. The molecule has 45 heavy (non-hydrogen) atoms. The first kappa shape index (κ1) is 32.4. The molecule has 0 aliphatic carbocycles. The zero-order valence-corrected chi connectivity index (χ0v) is 28.3. The Morgan fingerprint density at radius 2 is 1.64 bits per heavy atom. The summed E-state index contributed by atoms with van der Waals surface area (Å²) in [7, 11) is 0. The van der Waals surface area contributed by atoms with E-state index in [-0.39, 0.29) is 35.7 Å². The molecule has 0 radical (unpaired) electrons. The van der Waals surface area contributed by atoms with E-state index in [9.17, 15) is 9.59 Å². The first-order valence-electron chi connectivity index (χ1n) is 15.8. The SMILES string of the molecule is C=CC(=O)N1C[C@H](C)N(c2nc(=O)n(-c3c(C(C)C)ccnc3C(C)C)c3nc(-c4ccccc4C(C)C)c(Cl)cc23)C[C@H]1C. The fourth-order valence-corrected chi connectivity index (χ4v) is 6.65. The van der Waals surface area contributed by atoms with Gasteiger partial charge in [-0.05, 0) is 60.9 Å². The van der Waals surface area contributed by atoms with Crippen molar-refractivity contribution in [2.75, 3.05) is 18.0 Å². The van der Waals surface area contributed by atoms with Crippen LogP contribution in [-0.4, -0.2) is 55.5 Å². The summed E-state index contributed by atoms with van der Waals surface area (Å²) in [5.41, 5.74) is 5.21. The van der Waals surface area contributed by atoms with Crippen molar-refractivity contribution in [2.45, 2.75) is 85.2 Å². The highest BCUT2D eigenvalue weighted by atomic mass is 35.5. The van der Waals surface area contributed by atoms with Crippen molar-refractivity contribution < 1.29 is 4.79 Å². The third kappa shape index (κ3) is 5.88. The number of piperazine rings is 1. The summed E-state index contributed by atoms with van der Waals surface area (Å²) >= 11 is 7.10. The Balaban J connectivity index is 1.87. The third-order valence-corrected chi connectivity index (χ3v) is 9.02. The molecule has 0 unspecified atom stereocenters. The standard InChI is InChI=1S/C36H43ClN6O2/c1-10-30(44)41-18-24(9)42(19-23(41)8)34-28-17-29(37)32(27-14-12-11-13-25(27)20(2)3)39-35(28)43(36(45)40-34)33-26(21(4)5)15-16-38-31(33)22(6)7/h10-17,20-24H,1,18-19H2,2-9H3/t23-,24+/m1/s1. The quantitative estimate of drug-likeness (QED) is 0.198. The average molecular weight is 627 g/mol. The Bertz CT molecular complexity index is 1800. The van der Waals surface area contributed by atoms with E-state index in [0.29, 0.717) is 40.7 Å². The maximum absolute atomic E-state index is 14.4. The lowest BCUT2D eigenvalue weighted by molar-refractivity contribution is -0.128. The fourth-order valence-electron chi connectivity index (χ4n) is 6.39. The van der Waals surface area contributed by atoms with Crippen LogP contribution < -0.4 is 10.6 Å². The molecule has 9 heteroatoms. The lowest BCUT2D eigenvalue weighted by Crippen LogP contribution is -2.58. The van der Waals surface area contributed by atoms with Crippen molar-refractivity contribution in [3.05, 3.63) is 87.6 Å². The summed E-state index contributed by atoms with van der Waals surface area (Å²) < 4.78 is 1.64. The molecule has 236 valence electrons. The number of halogens is 1. The smallest absolute Gasteiger partial charge is 0.349 e. The van der Waals surface area contributed by atoms with Crippen LogP contribution >= 0.6 is 11.6 Å². The van der Waals surface area contributed by atoms with Crippen LogP contribution in [0.2, 0.25) is 5.02 Å². The molecular weight excluding hydrogens is 584 g/mol. The second-order valence-electron chi connectivity index (χ2n) is 13.0. The molecule has 0 saturated carbocycles. The lowest BCUT2D eigenvalue weighted by atomic mass is 9.95. The number of fused-ring (bicyclic) bond motifs is 1. The van der Waals surface area contributed by atoms with Crippen LogP contribution in [-0.2, 0) is 4.79 Å². The first-order chi connectivity index (χ1) is 21.3. The Morgan fingerprint density at radius 1 is 0.956 bits per heavy atom. The molecular formula is C36H43ClN6O2. The number of pyridine rings is 2. The van der Waals surface area contributed by atoms with Gasteiger partial charge in [-0.25, -0.2) is 14.3 Å². The topological polar surface area (TPSA) is 84.2 Å². The van der Waals surface area contributed by atoms with Gasteiger partial charge in [0.25, 0.3) is 0 Å². The van der Waals surface area contributed by atoms with Crippen LogP contribution in [0.1, 0.15) is 90.0 Å². The molecule has 1 fully saturated rings. The number of hydrogen-bond donors (Lipinski definition) is 0. The monoisotopic (exact) mass is 626 g/mol. The summed E-state index contributed by atoms with van der Waals surface area (Å²) in [4.78, 5) is 45.6. The number of hydrogen-bond acceptors (Lipinski definition) is 6. The molecule has 8 nitrogen and oxygen atoms in total. The van der Waals surface area contributed by atoms with Gasteiger partial charge < -0.3 is 9.80 Å². The van der Waals surface area contributed by atoms with Gasteiger partial charge in [0.2, 0.25) is 5.91 Å². The number of rotatable bonds is 7. The van der Waals surface area contributed by atoms with Crippen LogP contribution in [0.3, 0.4) is 0 Å². The van der Waals surface area contributed by atoms with Crippen LogP contribution in [0.15, 0.2) is 60.0 Å². The van der Waals surface area contributed by atoms with Gasteiger partial charge in [-0.1, -0.05) is 84.0 Å². The minimum absolute atomic E-state index is 0.0464. The van der Waals surface area contributed by atoms with Crippen molar-refractivity contribution in [2.24, 2.45) is 0 Å². The second kappa shape index (κ2) is 12.8. The van der Waals surface area contributed by atoms with Gasteiger partial charge in [-0.2, -0.15) is 4.98 Å². The Hall–Kier alpha value is -4.04. The maximum Gasteiger partial charge on any atom is 0.355 e. The van der Waals surface area contributed by atoms with Gasteiger partial charge in [0.1, 0.15) is 5.82 Å². The van der Waals surface area contributed by atoms with E-state index >= 15 is 0 Å². The van der Waals surface area contributed by atoms with E-state index in [1.54, 1.807) is 4.57 Å². The fraction of sp³-hybridized carbons (Fsp3) is 0.417. The Morgan fingerprint density at radius 3 is 2.29 bits per heavy atom. The third-order valence-electron chi connectivity index (χ3n) is 8.73. The zero-order chi connectivity index (χ0) is 32.7. The van der Waals surface area contributed by atoms with E-state index in [1.165, 1.54) is 6.08 Å². The van der Waals surface area contributed by atoms with Crippen molar-refractivity contribution in [3.8, 4) is 16.9 Å². The van der Waals surface area contributed by atoms with Crippen molar-refractivity contribution in [1.82, 2.24) is 24.4 Å². The van der Waals surface area contributed by atoms with Gasteiger partial charge in [-0.3, -0.25) is 9.78 Å². The van der Waals surface area contributed by atoms with E-state index in [0.717, 1.165) is 28.1 Å². The molecule has 2 atom stereocenters. The van der Waals surface area contributed by atoms with Crippen molar-refractivity contribution in [1.29, 1.82) is 0 Å². The summed E-state index contributed by atoms with van der Waals surface area (Å²) in [5.74, 6) is 0.798. The first-order valence-corrected chi connectivity index (χ1v) is 16.1. The van der Waals surface area contributed by atoms with Crippen LogP contribution in [0.5, 0.6) is 0 Å². The van der Waals surface area contributed by atoms with Crippen LogP contribution in [0.25, 0.3) is 28.0 Å². The molecule has 5 rings (SSSR count). The number of benzene rings is 1.